The molecule has 0 aromatic carbocycles. The molecule has 0 amide bonds. The summed E-state index contributed by atoms with van der Waals surface area (Å²) < 4.78 is 0. The number of piperidine rings is 1. The average Bonchev–Trinajstić information content (AvgIpc) is 2.39. The van der Waals surface area contributed by atoms with Crippen LogP contribution in [0.1, 0.15) is 30.9 Å². The quantitative estimate of drug-likeness (QED) is 0.911. The number of hydrogen-bond donors (Lipinski definition) is 1. The smallest absolute Gasteiger partial charge is 0.128 e. The third kappa shape index (κ3) is 3.99. The van der Waals surface area contributed by atoms with Gasteiger partial charge in [0.15, 0.2) is 0 Å². The average molecular weight is 317 g/mol. The van der Waals surface area contributed by atoms with E-state index in [1.807, 2.05) is 13.0 Å². The Morgan fingerprint density at radius 1 is 1.40 bits per heavy atom. The van der Waals surface area contributed by atoms with Gasteiger partial charge >= 0.3 is 0 Å². The summed E-state index contributed by atoms with van der Waals surface area (Å²) in [5, 5.41) is 8.90. The monoisotopic (exact) mass is 316 g/mol. The molecular formula is C14H22Cl2N4. The second kappa shape index (κ2) is 7.68. The van der Waals surface area contributed by atoms with E-state index in [4.69, 9.17) is 11.0 Å². The van der Waals surface area contributed by atoms with Gasteiger partial charge in [-0.05, 0) is 43.4 Å². The zero-order chi connectivity index (χ0) is 13.2. The summed E-state index contributed by atoms with van der Waals surface area (Å²) in [5.74, 6) is 0.977. The Morgan fingerprint density at radius 3 is 2.45 bits per heavy atom. The highest BCUT2D eigenvalue weighted by Gasteiger charge is 2.29. The van der Waals surface area contributed by atoms with Crippen molar-refractivity contribution in [1.82, 2.24) is 4.98 Å². The summed E-state index contributed by atoms with van der Waals surface area (Å²) in [6.45, 7) is 6.94. The second-order valence-electron chi connectivity index (χ2n) is 5.47. The lowest BCUT2D eigenvalue weighted by Gasteiger charge is -2.39. The van der Waals surface area contributed by atoms with E-state index in [1.54, 1.807) is 6.20 Å². The maximum absolute atomic E-state index is 8.90. The maximum atomic E-state index is 8.90. The minimum Gasteiger partial charge on any atom is -0.357 e. The molecule has 1 saturated heterocycles. The van der Waals surface area contributed by atoms with Crippen molar-refractivity contribution in [2.45, 2.75) is 26.7 Å². The van der Waals surface area contributed by atoms with Crippen molar-refractivity contribution >= 4 is 30.6 Å². The molecule has 0 aliphatic carbocycles. The molecule has 2 heterocycles. The lowest BCUT2D eigenvalue weighted by Crippen LogP contribution is -2.42. The first-order valence-electron chi connectivity index (χ1n) is 6.40. The van der Waals surface area contributed by atoms with Crippen LogP contribution >= 0.6 is 24.8 Å². The van der Waals surface area contributed by atoms with Crippen LogP contribution in [0.3, 0.4) is 0 Å². The van der Waals surface area contributed by atoms with E-state index in [2.05, 4.69) is 22.9 Å². The van der Waals surface area contributed by atoms with E-state index < -0.39 is 0 Å². The highest BCUT2D eigenvalue weighted by molar-refractivity contribution is 5.85. The Bertz CT molecular complexity index is 477. The molecule has 2 rings (SSSR count). The summed E-state index contributed by atoms with van der Waals surface area (Å²) in [7, 11) is 0. The first kappa shape index (κ1) is 19.0. The van der Waals surface area contributed by atoms with Gasteiger partial charge in [-0.1, -0.05) is 6.92 Å². The summed E-state index contributed by atoms with van der Waals surface area (Å²) in [4.78, 5) is 6.66. The molecule has 1 aliphatic heterocycles. The highest BCUT2D eigenvalue weighted by Crippen LogP contribution is 2.31. The zero-order valence-electron chi connectivity index (χ0n) is 11.9. The van der Waals surface area contributed by atoms with Gasteiger partial charge in [-0.3, -0.25) is 0 Å². The molecule has 1 aromatic rings. The number of aromatic nitrogens is 1. The van der Waals surface area contributed by atoms with Gasteiger partial charge in [-0.25, -0.2) is 4.98 Å². The number of anilines is 1. The first-order valence-corrected chi connectivity index (χ1v) is 6.40. The van der Waals surface area contributed by atoms with Gasteiger partial charge in [0, 0.05) is 19.3 Å². The van der Waals surface area contributed by atoms with Gasteiger partial charge in [-0.15, -0.1) is 24.8 Å². The van der Waals surface area contributed by atoms with Crippen LogP contribution in [-0.2, 0) is 0 Å². The van der Waals surface area contributed by atoms with Crippen molar-refractivity contribution in [2.75, 3.05) is 24.5 Å². The number of halogens is 2. The van der Waals surface area contributed by atoms with Crippen molar-refractivity contribution in [3.05, 3.63) is 23.4 Å². The molecular weight excluding hydrogens is 295 g/mol. The normalized spacial score (nSPS) is 16.6. The zero-order valence-corrected chi connectivity index (χ0v) is 13.6. The Hall–Kier alpha value is -1.02. The summed E-state index contributed by atoms with van der Waals surface area (Å²) in [5.41, 5.74) is 7.74. The van der Waals surface area contributed by atoms with E-state index in [0.717, 1.165) is 43.9 Å². The van der Waals surface area contributed by atoms with Crippen LogP contribution in [-0.4, -0.2) is 24.6 Å². The molecule has 0 atom stereocenters. The highest BCUT2D eigenvalue weighted by atomic mass is 35.5. The second-order valence-corrected chi connectivity index (χ2v) is 5.47. The first-order chi connectivity index (χ1) is 8.58. The van der Waals surface area contributed by atoms with Gasteiger partial charge in [0.25, 0.3) is 0 Å². The number of aryl methyl sites for hydroxylation is 1. The van der Waals surface area contributed by atoms with Gasteiger partial charge in [0.05, 0.1) is 5.56 Å². The van der Waals surface area contributed by atoms with Gasteiger partial charge in [0.2, 0.25) is 0 Å². The Balaban J connectivity index is 0.00000180. The maximum Gasteiger partial charge on any atom is 0.128 e. The van der Waals surface area contributed by atoms with E-state index in [9.17, 15) is 0 Å². The summed E-state index contributed by atoms with van der Waals surface area (Å²) in [6.07, 6.45) is 3.87. The molecule has 1 fully saturated rings. The van der Waals surface area contributed by atoms with Crippen molar-refractivity contribution in [1.29, 1.82) is 5.26 Å². The van der Waals surface area contributed by atoms with Gasteiger partial charge < -0.3 is 10.6 Å². The fourth-order valence-corrected chi connectivity index (χ4v) is 2.31. The van der Waals surface area contributed by atoms with Crippen LogP contribution in [0.4, 0.5) is 5.82 Å². The van der Waals surface area contributed by atoms with Crippen LogP contribution < -0.4 is 10.6 Å². The Morgan fingerprint density at radius 2 is 2.00 bits per heavy atom. The number of hydrogen-bond acceptors (Lipinski definition) is 4. The molecule has 6 heteroatoms. The predicted octanol–water partition coefficient (Wildman–Crippen LogP) is 2.67. The Kier molecular flexibility index (Phi) is 7.29. The molecule has 0 radical (unpaired) electrons. The third-order valence-corrected chi connectivity index (χ3v) is 4.00. The van der Waals surface area contributed by atoms with Crippen LogP contribution in [0.15, 0.2) is 12.3 Å². The molecule has 20 heavy (non-hydrogen) atoms. The molecule has 2 N–H and O–H groups in total. The van der Waals surface area contributed by atoms with Crippen LogP contribution in [0.25, 0.3) is 0 Å². The lowest BCUT2D eigenvalue weighted by molar-refractivity contribution is 0.258. The molecule has 112 valence electrons. The van der Waals surface area contributed by atoms with Crippen LogP contribution in [0.2, 0.25) is 0 Å². The van der Waals surface area contributed by atoms with Gasteiger partial charge in [0.1, 0.15) is 11.9 Å². The van der Waals surface area contributed by atoms with Crippen molar-refractivity contribution in [3.63, 3.8) is 0 Å². The molecule has 1 aromatic heterocycles. The minimum atomic E-state index is 0. The van der Waals surface area contributed by atoms with Gasteiger partial charge in [-0.2, -0.15) is 5.26 Å². The lowest BCUT2D eigenvalue weighted by atomic mass is 9.80. The molecule has 4 nitrogen and oxygen atoms in total. The van der Waals surface area contributed by atoms with Crippen LogP contribution in [0.5, 0.6) is 0 Å². The fraction of sp³-hybridized carbons (Fsp3) is 0.571. The Labute approximate surface area is 133 Å². The van der Waals surface area contributed by atoms with E-state index in [0.29, 0.717) is 5.56 Å². The van der Waals surface area contributed by atoms with Crippen LogP contribution in [0, 0.1) is 23.7 Å². The number of nitrogens with zero attached hydrogens (tertiary/aromatic N) is 3. The SMILES string of the molecule is Cc1cc(N2CCC(C)(CN)CC2)ncc1C#N.Cl.Cl. The van der Waals surface area contributed by atoms with Crippen molar-refractivity contribution < 1.29 is 0 Å². The molecule has 1 aliphatic rings. The number of pyridine rings is 1. The predicted molar refractivity (Wildman–Crippen MR) is 86.8 cm³/mol. The summed E-state index contributed by atoms with van der Waals surface area (Å²) in [6, 6.07) is 4.15. The topological polar surface area (TPSA) is 65.9 Å². The van der Waals surface area contributed by atoms with Crippen molar-refractivity contribution in [2.24, 2.45) is 11.1 Å². The van der Waals surface area contributed by atoms with E-state index >= 15 is 0 Å². The molecule has 0 saturated carbocycles. The van der Waals surface area contributed by atoms with Crippen molar-refractivity contribution in [3.8, 4) is 6.07 Å². The minimum absolute atomic E-state index is 0. The fourth-order valence-electron chi connectivity index (χ4n) is 2.31. The standard InChI is InChI=1S/C14H20N4.2ClH/c1-11-7-13(17-9-12(11)8-15)18-5-3-14(2,10-16)4-6-18;;/h7,9H,3-6,10,16H2,1-2H3;2*1H. The molecule has 0 bridgehead atoms. The number of nitrogens with two attached hydrogens (primary N) is 1. The number of nitriles is 1. The third-order valence-electron chi connectivity index (χ3n) is 4.00. The van der Waals surface area contributed by atoms with E-state index in [1.165, 1.54) is 0 Å². The molecule has 0 unspecified atom stereocenters. The summed E-state index contributed by atoms with van der Waals surface area (Å²) >= 11 is 0. The van der Waals surface area contributed by atoms with E-state index in [-0.39, 0.29) is 30.2 Å². The number of rotatable bonds is 2. The largest absolute Gasteiger partial charge is 0.357 e. The molecule has 0 spiro atoms.